The van der Waals surface area contributed by atoms with Crippen LogP contribution in [0, 0.1) is 0 Å². The summed E-state index contributed by atoms with van der Waals surface area (Å²) in [4.78, 5) is 7.38. The number of methoxy groups -OCH3 is 1. The number of benzene rings is 2. The molecule has 0 atom stereocenters. The number of rotatable bonds is 4. The smallest absolute Gasteiger partial charge is 0.198 e. The molecule has 0 fully saturated rings. The van der Waals surface area contributed by atoms with Gasteiger partial charge in [-0.25, -0.2) is 0 Å². The molecule has 0 aliphatic rings. The highest BCUT2D eigenvalue weighted by Gasteiger charge is 2.09. The summed E-state index contributed by atoms with van der Waals surface area (Å²) < 4.78 is 6.26. The Labute approximate surface area is 136 Å². The van der Waals surface area contributed by atoms with Gasteiger partial charge in [-0.1, -0.05) is 34.1 Å². The largest absolute Gasteiger partial charge is 0.496 e. The number of fused-ring (bicyclic) bond motifs is 1. The van der Waals surface area contributed by atoms with Crippen molar-refractivity contribution in [2.24, 2.45) is 4.99 Å². The zero-order valence-electron chi connectivity index (χ0n) is 12.0. The van der Waals surface area contributed by atoms with Crippen molar-refractivity contribution in [2.75, 3.05) is 7.11 Å². The molecule has 0 aliphatic heterocycles. The molecule has 2 N–H and O–H groups in total. The minimum absolute atomic E-state index is 0.122. The van der Waals surface area contributed by atoms with Crippen molar-refractivity contribution < 1.29 is 9.84 Å². The van der Waals surface area contributed by atoms with Crippen LogP contribution < -0.4 is 4.74 Å². The molecule has 5 heteroatoms. The number of aromatic hydroxyl groups is 1. The van der Waals surface area contributed by atoms with Gasteiger partial charge in [0, 0.05) is 27.2 Å². The van der Waals surface area contributed by atoms with Gasteiger partial charge in [-0.15, -0.1) is 0 Å². The van der Waals surface area contributed by atoms with Crippen LogP contribution in [0.5, 0.6) is 11.6 Å². The summed E-state index contributed by atoms with van der Waals surface area (Å²) in [5.74, 6) is 0.933. The minimum atomic E-state index is 0.122. The van der Waals surface area contributed by atoms with Gasteiger partial charge in [0.2, 0.25) is 0 Å². The Bertz CT molecular complexity index is 840. The van der Waals surface area contributed by atoms with E-state index in [1.165, 1.54) is 0 Å². The highest BCUT2D eigenvalue weighted by molar-refractivity contribution is 9.10. The Kier molecular flexibility index (Phi) is 4.15. The van der Waals surface area contributed by atoms with Gasteiger partial charge in [-0.05, 0) is 24.3 Å². The van der Waals surface area contributed by atoms with Crippen LogP contribution in [-0.4, -0.2) is 23.4 Å². The molecule has 2 aromatic carbocycles. The third kappa shape index (κ3) is 2.85. The van der Waals surface area contributed by atoms with Gasteiger partial charge in [0.15, 0.2) is 5.88 Å². The van der Waals surface area contributed by atoms with Gasteiger partial charge in [0.1, 0.15) is 5.75 Å². The second-order valence-electron chi connectivity index (χ2n) is 4.86. The number of hydrogen-bond donors (Lipinski definition) is 2. The van der Waals surface area contributed by atoms with E-state index >= 15 is 0 Å². The van der Waals surface area contributed by atoms with Crippen molar-refractivity contribution >= 4 is 33.0 Å². The Hall–Kier alpha value is -2.27. The molecule has 4 nitrogen and oxygen atoms in total. The Morgan fingerprint density at radius 1 is 1.27 bits per heavy atom. The lowest BCUT2D eigenvalue weighted by molar-refractivity contribution is 0.410. The lowest BCUT2D eigenvalue weighted by Crippen LogP contribution is -1.90. The molecular formula is C17H15BrN2O2. The second kappa shape index (κ2) is 6.23. The second-order valence-corrected chi connectivity index (χ2v) is 5.77. The van der Waals surface area contributed by atoms with Crippen LogP contribution in [0.25, 0.3) is 10.9 Å². The van der Waals surface area contributed by atoms with E-state index in [2.05, 4.69) is 25.9 Å². The van der Waals surface area contributed by atoms with E-state index in [0.717, 1.165) is 26.7 Å². The lowest BCUT2D eigenvalue weighted by atomic mass is 10.2. The fourth-order valence-corrected chi connectivity index (χ4v) is 2.73. The molecular weight excluding hydrogens is 344 g/mol. The molecule has 0 bridgehead atoms. The highest BCUT2D eigenvalue weighted by atomic mass is 79.9. The summed E-state index contributed by atoms with van der Waals surface area (Å²) in [5.41, 5.74) is 2.56. The van der Waals surface area contributed by atoms with Crippen molar-refractivity contribution in [3.05, 3.63) is 58.1 Å². The van der Waals surface area contributed by atoms with Crippen LogP contribution in [0.4, 0.5) is 0 Å². The normalized spacial score (nSPS) is 11.4. The van der Waals surface area contributed by atoms with E-state index < -0.39 is 0 Å². The summed E-state index contributed by atoms with van der Waals surface area (Å²) in [5, 5.41) is 11.0. The maximum absolute atomic E-state index is 10.0. The van der Waals surface area contributed by atoms with Gasteiger partial charge in [-0.2, -0.15) is 0 Å². The van der Waals surface area contributed by atoms with E-state index in [-0.39, 0.29) is 5.88 Å². The number of halogens is 1. The van der Waals surface area contributed by atoms with E-state index in [1.807, 2.05) is 42.5 Å². The molecule has 0 unspecified atom stereocenters. The van der Waals surface area contributed by atoms with E-state index in [0.29, 0.717) is 12.1 Å². The van der Waals surface area contributed by atoms with E-state index in [1.54, 1.807) is 13.3 Å². The van der Waals surface area contributed by atoms with Crippen molar-refractivity contribution in [1.82, 2.24) is 4.98 Å². The molecule has 3 aromatic rings. The first-order valence-electron chi connectivity index (χ1n) is 6.81. The van der Waals surface area contributed by atoms with Crippen LogP contribution in [0.3, 0.4) is 0 Å². The molecule has 0 amide bonds. The average Bonchev–Trinajstić information content (AvgIpc) is 2.83. The summed E-state index contributed by atoms with van der Waals surface area (Å²) in [7, 11) is 1.64. The van der Waals surface area contributed by atoms with Gasteiger partial charge in [0.05, 0.1) is 19.2 Å². The number of hydrogen-bond acceptors (Lipinski definition) is 3. The third-order valence-corrected chi connectivity index (χ3v) is 3.95. The van der Waals surface area contributed by atoms with Gasteiger partial charge in [0.25, 0.3) is 0 Å². The van der Waals surface area contributed by atoms with Crippen LogP contribution in [0.15, 0.2) is 51.9 Å². The van der Waals surface area contributed by atoms with Crippen LogP contribution in [-0.2, 0) is 6.54 Å². The van der Waals surface area contributed by atoms with Crippen LogP contribution in [0.2, 0.25) is 0 Å². The zero-order valence-corrected chi connectivity index (χ0v) is 13.6. The molecule has 0 saturated heterocycles. The molecule has 0 radical (unpaired) electrons. The maximum atomic E-state index is 10.0. The standard InChI is InChI=1S/C17H15BrN2O2/c1-22-16-5-3-2-4-11(16)9-19-10-14-13-8-12(18)6-7-15(13)20-17(14)21/h2-8,10,20-21H,9H2,1H3. The van der Waals surface area contributed by atoms with Crippen molar-refractivity contribution in [3.63, 3.8) is 0 Å². The van der Waals surface area contributed by atoms with Crippen LogP contribution >= 0.6 is 15.9 Å². The highest BCUT2D eigenvalue weighted by Crippen LogP contribution is 2.28. The Balaban J connectivity index is 1.89. The van der Waals surface area contributed by atoms with E-state index in [4.69, 9.17) is 4.74 Å². The summed E-state index contributed by atoms with van der Waals surface area (Å²) in [6, 6.07) is 13.6. The number of aromatic nitrogens is 1. The van der Waals surface area contributed by atoms with Crippen molar-refractivity contribution in [2.45, 2.75) is 6.54 Å². The van der Waals surface area contributed by atoms with Gasteiger partial charge < -0.3 is 14.8 Å². The van der Waals surface area contributed by atoms with Crippen LogP contribution in [0.1, 0.15) is 11.1 Å². The maximum Gasteiger partial charge on any atom is 0.198 e. The predicted octanol–water partition coefficient (Wildman–Crippen LogP) is 4.26. The molecule has 0 aliphatic carbocycles. The number of nitrogens with one attached hydrogen (secondary N) is 1. The molecule has 112 valence electrons. The number of aliphatic imine (C=N–C) groups is 1. The fourth-order valence-electron chi connectivity index (χ4n) is 2.37. The SMILES string of the molecule is COc1ccccc1CN=Cc1c(O)[nH]c2ccc(Br)cc12. The number of aromatic amines is 1. The summed E-state index contributed by atoms with van der Waals surface area (Å²) in [6.07, 6.45) is 1.69. The quantitative estimate of drug-likeness (QED) is 0.684. The lowest BCUT2D eigenvalue weighted by Gasteiger charge is -2.04. The zero-order chi connectivity index (χ0) is 15.5. The number of ether oxygens (including phenoxy) is 1. The van der Waals surface area contributed by atoms with Gasteiger partial charge in [-0.3, -0.25) is 4.99 Å². The first-order chi connectivity index (χ1) is 10.7. The topological polar surface area (TPSA) is 57.6 Å². The number of nitrogens with zero attached hydrogens (tertiary/aromatic N) is 1. The first kappa shape index (κ1) is 14.7. The molecule has 3 rings (SSSR count). The minimum Gasteiger partial charge on any atom is -0.496 e. The predicted molar refractivity (Wildman–Crippen MR) is 92.0 cm³/mol. The Morgan fingerprint density at radius 2 is 2.09 bits per heavy atom. The molecule has 1 aromatic heterocycles. The van der Waals surface area contributed by atoms with Gasteiger partial charge >= 0.3 is 0 Å². The van der Waals surface area contributed by atoms with Crippen molar-refractivity contribution in [1.29, 1.82) is 0 Å². The Morgan fingerprint density at radius 3 is 2.91 bits per heavy atom. The summed E-state index contributed by atoms with van der Waals surface area (Å²) >= 11 is 3.44. The summed E-state index contributed by atoms with van der Waals surface area (Å²) in [6.45, 7) is 0.490. The first-order valence-corrected chi connectivity index (χ1v) is 7.60. The molecule has 0 spiro atoms. The van der Waals surface area contributed by atoms with E-state index in [9.17, 15) is 5.11 Å². The molecule has 1 heterocycles. The van der Waals surface area contributed by atoms with Crippen molar-refractivity contribution in [3.8, 4) is 11.6 Å². The fraction of sp³-hybridized carbons (Fsp3) is 0.118. The molecule has 0 saturated carbocycles. The average molecular weight is 359 g/mol. The number of H-pyrrole nitrogens is 1. The number of para-hydroxylation sites is 1. The monoisotopic (exact) mass is 358 g/mol. The third-order valence-electron chi connectivity index (χ3n) is 3.45. The molecule has 22 heavy (non-hydrogen) atoms.